The number of ether oxygens (including phenoxy) is 1. The van der Waals surface area contributed by atoms with Gasteiger partial charge >= 0.3 is 6.18 Å². The van der Waals surface area contributed by atoms with E-state index in [0.717, 1.165) is 19.1 Å². The van der Waals surface area contributed by atoms with Crippen LogP contribution in [0, 0.1) is 12.7 Å². The lowest BCUT2D eigenvalue weighted by Crippen LogP contribution is -2.33. The largest absolute Gasteiger partial charge is 0.480 e. The van der Waals surface area contributed by atoms with E-state index in [0.29, 0.717) is 11.3 Å². The summed E-state index contributed by atoms with van der Waals surface area (Å²) in [6, 6.07) is 1.66. The van der Waals surface area contributed by atoms with E-state index in [1.54, 1.807) is 6.92 Å². The third-order valence-corrected chi connectivity index (χ3v) is 5.22. The predicted octanol–water partition coefficient (Wildman–Crippen LogP) is 4.91. The zero-order chi connectivity index (χ0) is 26.7. The fourth-order valence-electron chi connectivity index (χ4n) is 2.93. The van der Waals surface area contributed by atoms with Crippen molar-refractivity contribution in [2.45, 2.75) is 46.1 Å². The van der Waals surface area contributed by atoms with Gasteiger partial charge in [0.05, 0.1) is 40.6 Å². The van der Waals surface area contributed by atoms with E-state index >= 15 is 4.39 Å². The number of aryl methyl sites for hydroxylation is 1. The fourth-order valence-corrected chi connectivity index (χ4v) is 3.13. The highest BCUT2D eigenvalue weighted by atomic mass is 35.5. The molecule has 0 saturated carbocycles. The number of hydrogen-bond donors (Lipinski definition) is 3. The Hall–Kier alpha value is -3.18. The number of allylic oxidation sites excluding steroid dienone is 1. The van der Waals surface area contributed by atoms with Crippen LogP contribution >= 0.6 is 11.6 Å². The Morgan fingerprint density at radius 3 is 2.43 bits per heavy atom. The van der Waals surface area contributed by atoms with Gasteiger partial charge in [0.25, 0.3) is 5.91 Å². The summed E-state index contributed by atoms with van der Waals surface area (Å²) in [5, 5.41) is 14.9. The van der Waals surface area contributed by atoms with Gasteiger partial charge in [-0.05, 0) is 45.4 Å². The minimum absolute atomic E-state index is 0.00894. The summed E-state index contributed by atoms with van der Waals surface area (Å²) in [6.07, 6.45) is -6.91. The lowest BCUT2D eigenvalue weighted by atomic mass is 10.0. The van der Waals surface area contributed by atoms with E-state index in [-0.39, 0.29) is 27.8 Å². The molecule has 1 aromatic heterocycles. The van der Waals surface area contributed by atoms with Crippen molar-refractivity contribution < 1.29 is 32.2 Å². The summed E-state index contributed by atoms with van der Waals surface area (Å²) in [5.41, 5.74) is 0.0875. The van der Waals surface area contributed by atoms with Crippen LogP contribution in [0.25, 0.3) is 11.3 Å². The van der Waals surface area contributed by atoms with Crippen molar-refractivity contribution in [1.29, 1.82) is 0 Å². The molecule has 0 radical (unpaired) electrons. The first-order valence-electron chi connectivity index (χ1n) is 10.3. The normalized spacial score (nSPS) is 14.0. The maximum atomic E-state index is 15.1. The van der Waals surface area contributed by atoms with Gasteiger partial charge in [-0.1, -0.05) is 18.2 Å². The van der Waals surface area contributed by atoms with Gasteiger partial charge in [0, 0.05) is 12.6 Å². The molecule has 1 aromatic carbocycles. The number of aliphatic hydroxyl groups excluding tert-OH is 1. The zero-order valence-corrected chi connectivity index (χ0v) is 20.4. The summed E-state index contributed by atoms with van der Waals surface area (Å²) in [4.78, 5) is 21.2. The molecule has 0 spiro atoms. The number of benzene rings is 1. The van der Waals surface area contributed by atoms with Crippen LogP contribution in [0.5, 0.6) is 5.75 Å². The molecule has 0 aliphatic rings. The smallest absolute Gasteiger partial charge is 0.425 e. The number of aromatic nitrogens is 2. The van der Waals surface area contributed by atoms with E-state index in [2.05, 4.69) is 27.2 Å². The number of aliphatic hydroxyl groups is 1. The molecule has 1 heterocycles. The van der Waals surface area contributed by atoms with Crippen LogP contribution < -0.4 is 15.4 Å². The molecule has 2 atom stereocenters. The summed E-state index contributed by atoms with van der Waals surface area (Å²) >= 11 is 6.03. The number of carbonyl (C=O) groups is 1. The second kappa shape index (κ2) is 11.0. The van der Waals surface area contributed by atoms with Crippen molar-refractivity contribution in [2.75, 3.05) is 7.05 Å². The Balaban J connectivity index is 2.67. The first-order valence-corrected chi connectivity index (χ1v) is 10.7. The number of alkyl halides is 3. The molecule has 2 rings (SSSR count). The molecular weight excluding hydrogens is 492 g/mol. The van der Waals surface area contributed by atoms with Gasteiger partial charge in [-0.15, -0.1) is 0 Å². The van der Waals surface area contributed by atoms with Gasteiger partial charge in [-0.25, -0.2) is 9.37 Å². The second-order valence-corrected chi connectivity index (χ2v) is 8.08. The highest BCUT2D eigenvalue weighted by Crippen LogP contribution is 2.33. The molecule has 0 aliphatic heterocycles. The molecule has 3 N–H and O–H groups in total. The first kappa shape index (κ1) is 28.1. The maximum absolute atomic E-state index is 15.1. The number of amides is 1. The number of nitrogens with zero attached hydrogens (tertiary/aromatic N) is 2. The monoisotopic (exact) mass is 516 g/mol. The molecule has 0 saturated heterocycles. The Kier molecular flexibility index (Phi) is 8.85. The molecule has 7 nitrogen and oxygen atoms in total. The van der Waals surface area contributed by atoms with E-state index < -0.39 is 41.4 Å². The van der Waals surface area contributed by atoms with Crippen LogP contribution in [-0.2, 0) is 0 Å². The molecule has 0 bridgehead atoms. The molecule has 1 amide bonds. The quantitative estimate of drug-likeness (QED) is 0.262. The van der Waals surface area contributed by atoms with Crippen LogP contribution in [-0.4, -0.2) is 40.3 Å². The van der Waals surface area contributed by atoms with Crippen molar-refractivity contribution in [3.8, 4) is 17.0 Å². The number of halogens is 5. The van der Waals surface area contributed by atoms with Crippen LogP contribution in [0.15, 0.2) is 41.3 Å². The van der Waals surface area contributed by atoms with Gasteiger partial charge in [0.15, 0.2) is 6.10 Å². The topological polar surface area (TPSA) is 96.4 Å². The van der Waals surface area contributed by atoms with Crippen molar-refractivity contribution in [1.82, 2.24) is 20.6 Å². The third-order valence-electron chi connectivity index (χ3n) is 4.85. The maximum Gasteiger partial charge on any atom is 0.425 e. The fraction of sp³-hybridized carbons (Fsp3) is 0.348. The Labute approximate surface area is 204 Å². The van der Waals surface area contributed by atoms with E-state index in [1.807, 2.05) is 0 Å². The summed E-state index contributed by atoms with van der Waals surface area (Å²) in [7, 11) is 1.48. The zero-order valence-electron chi connectivity index (χ0n) is 19.6. The molecule has 190 valence electrons. The number of hydrogen-bond acceptors (Lipinski definition) is 6. The summed E-state index contributed by atoms with van der Waals surface area (Å²) < 4.78 is 59.9. The average molecular weight is 517 g/mol. The van der Waals surface area contributed by atoms with Gasteiger partial charge in [-0.2, -0.15) is 13.2 Å². The van der Waals surface area contributed by atoms with Crippen molar-refractivity contribution >= 4 is 17.5 Å². The number of nitrogens with one attached hydrogen (secondary N) is 2. The van der Waals surface area contributed by atoms with Crippen molar-refractivity contribution in [3.63, 3.8) is 0 Å². The van der Waals surface area contributed by atoms with Crippen LogP contribution in [0.3, 0.4) is 0 Å². The SMILES string of the molecule is C=C(C)/C(NC(=O)c1cc(F)c(-c2cnc(C)c(C(C)O)n2)cc1O[C@@H](C)C(F)(F)F)=C(/Cl)NC. The minimum Gasteiger partial charge on any atom is -0.480 e. The predicted molar refractivity (Wildman–Crippen MR) is 123 cm³/mol. The molecular formula is C23H25ClF4N4O3. The van der Waals surface area contributed by atoms with E-state index in [4.69, 9.17) is 16.3 Å². The molecule has 1 unspecified atom stereocenters. The number of rotatable bonds is 8. The highest BCUT2D eigenvalue weighted by molar-refractivity contribution is 6.30. The first-order chi connectivity index (χ1) is 16.2. The van der Waals surface area contributed by atoms with Gasteiger partial charge < -0.3 is 20.5 Å². The lowest BCUT2D eigenvalue weighted by molar-refractivity contribution is -0.189. The van der Waals surface area contributed by atoms with Gasteiger partial charge in [-0.3, -0.25) is 9.78 Å². The minimum atomic E-state index is -4.76. The highest BCUT2D eigenvalue weighted by Gasteiger charge is 2.39. The Morgan fingerprint density at radius 2 is 1.91 bits per heavy atom. The van der Waals surface area contributed by atoms with E-state index in [9.17, 15) is 23.1 Å². The lowest BCUT2D eigenvalue weighted by Gasteiger charge is -2.21. The third kappa shape index (κ3) is 6.70. The standard InChI is InChI=1S/C23H25ClF4N4O3/c1-10(2)19(21(24)29-6)32-22(34)15-7-16(25)14(8-18(15)35-13(5)23(26,27)28)17-9-30-11(3)20(31-17)12(4)33/h7-9,12-13,29,33H,1H2,2-6H3,(H,32,34)/b21-19+/t12?,13-/m0/s1. The summed E-state index contributed by atoms with van der Waals surface area (Å²) in [5.74, 6) is -2.50. The Morgan fingerprint density at radius 1 is 1.29 bits per heavy atom. The van der Waals surface area contributed by atoms with Gasteiger partial charge in [0.2, 0.25) is 0 Å². The second-order valence-electron chi connectivity index (χ2n) is 7.71. The molecule has 35 heavy (non-hydrogen) atoms. The summed E-state index contributed by atoms with van der Waals surface area (Å²) in [6.45, 7) is 9.00. The average Bonchev–Trinajstić information content (AvgIpc) is 2.76. The molecule has 0 aliphatic carbocycles. The van der Waals surface area contributed by atoms with Crippen molar-refractivity contribution in [3.05, 3.63) is 64.1 Å². The molecule has 12 heteroatoms. The van der Waals surface area contributed by atoms with Crippen LogP contribution in [0.2, 0.25) is 0 Å². The molecule has 2 aromatic rings. The van der Waals surface area contributed by atoms with Crippen molar-refractivity contribution in [2.24, 2.45) is 0 Å². The molecule has 0 fully saturated rings. The number of carbonyl (C=O) groups excluding carboxylic acids is 1. The van der Waals surface area contributed by atoms with E-state index in [1.165, 1.54) is 27.1 Å². The van der Waals surface area contributed by atoms with Crippen LogP contribution in [0.1, 0.15) is 48.6 Å². The van der Waals surface area contributed by atoms with Gasteiger partial charge in [0.1, 0.15) is 16.7 Å². The van der Waals surface area contributed by atoms with Crippen LogP contribution in [0.4, 0.5) is 17.6 Å². The Bertz CT molecular complexity index is 1170.